The Balaban J connectivity index is 2.15. The Hall–Kier alpha value is -1.33. The summed E-state index contributed by atoms with van der Waals surface area (Å²) in [6.45, 7) is 4.03. The lowest BCUT2D eigenvalue weighted by atomic mass is 9.98. The summed E-state index contributed by atoms with van der Waals surface area (Å²) >= 11 is 0. The Morgan fingerprint density at radius 2 is 2.13 bits per heavy atom. The summed E-state index contributed by atoms with van der Waals surface area (Å²) in [6.07, 6.45) is 1.99. The predicted molar refractivity (Wildman–Crippen MR) is 60.2 cm³/mol. The van der Waals surface area contributed by atoms with Crippen LogP contribution in [-0.4, -0.2) is 17.5 Å². The minimum atomic E-state index is 0.0818. The lowest BCUT2D eigenvalue weighted by Crippen LogP contribution is -2.38. The normalized spacial score (nSPS) is 17.9. The largest absolute Gasteiger partial charge is 0.283 e. The molecule has 0 N–H and O–H groups in total. The second kappa shape index (κ2) is 4.46. The van der Waals surface area contributed by atoms with Gasteiger partial charge in [0.05, 0.1) is 12.1 Å². The molecule has 1 heterocycles. The van der Waals surface area contributed by atoms with Crippen molar-refractivity contribution in [1.29, 1.82) is 5.26 Å². The molecule has 1 unspecified atom stereocenters. The molecule has 0 spiro atoms. The van der Waals surface area contributed by atoms with Gasteiger partial charge in [0, 0.05) is 13.1 Å². The van der Waals surface area contributed by atoms with Crippen LogP contribution in [0.4, 0.5) is 0 Å². The molecule has 1 aromatic carbocycles. The lowest BCUT2D eigenvalue weighted by molar-refractivity contribution is 0.210. The van der Waals surface area contributed by atoms with E-state index >= 15 is 0 Å². The standard InChI is InChI=1S/C13H16N2/c1-2-13(9-14)15-8-7-11-5-3-4-6-12(11)10-15/h3-6,13H,2,7-8,10H2,1H3. The Labute approximate surface area is 91.1 Å². The topological polar surface area (TPSA) is 27.0 Å². The van der Waals surface area contributed by atoms with Gasteiger partial charge in [-0.2, -0.15) is 5.26 Å². The molecule has 2 heteroatoms. The number of hydrogen-bond donors (Lipinski definition) is 0. The zero-order valence-electron chi connectivity index (χ0n) is 9.11. The second-order valence-corrected chi connectivity index (χ2v) is 4.04. The summed E-state index contributed by atoms with van der Waals surface area (Å²) in [6, 6.07) is 11.0. The molecular formula is C13H16N2. The van der Waals surface area contributed by atoms with Crippen LogP contribution in [0.25, 0.3) is 0 Å². The van der Waals surface area contributed by atoms with Crippen LogP contribution in [0.2, 0.25) is 0 Å². The van der Waals surface area contributed by atoms with Gasteiger partial charge in [0.25, 0.3) is 0 Å². The third-order valence-electron chi connectivity index (χ3n) is 3.14. The highest BCUT2D eigenvalue weighted by Crippen LogP contribution is 2.20. The number of nitriles is 1. The smallest absolute Gasteiger partial charge is 0.0978 e. The minimum Gasteiger partial charge on any atom is -0.283 e. The first-order chi connectivity index (χ1) is 7.35. The van der Waals surface area contributed by atoms with Gasteiger partial charge in [-0.3, -0.25) is 4.90 Å². The SMILES string of the molecule is CCC(C#N)N1CCc2ccccc2C1. The predicted octanol–water partition coefficient (Wildman–Crippen LogP) is 2.35. The number of benzene rings is 1. The molecule has 2 rings (SSSR count). The zero-order valence-corrected chi connectivity index (χ0v) is 9.11. The molecule has 78 valence electrons. The highest BCUT2D eigenvalue weighted by Gasteiger charge is 2.21. The van der Waals surface area contributed by atoms with E-state index in [1.165, 1.54) is 11.1 Å². The second-order valence-electron chi connectivity index (χ2n) is 4.04. The fraction of sp³-hybridized carbons (Fsp3) is 0.462. The first-order valence-electron chi connectivity index (χ1n) is 5.55. The molecule has 1 aromatic rings. The fourth-order valence-electron chi connectivity index (χ4n) is 2.21. The van der Waals surface area contributed by atoms with Crippen molar-refractivity contribution in [3.63, 3.8) is 0 Å². The molecular weight excluding hydrogens is 184 g/mol. The van der Waals surface area contributed by atoms with Crippen LogP contribution in [0.5, 0.6) is 0 Å². The third kappa shape index (κ3) is 2.03. The zero-order chi connectivity index (χ0) is 10.7. The summed E-state index contributed by atoms with van der Waals surface area (Å²) in [4.78, 5) is 2.28. The van der Waals surface area contributed by atoms with E-state index in [1.807, 2.05) is 0 Å². The van der Waals surface area contributed by atoms with Gasteiger partial charge in [-0.25, -0.2) is 0 Å². The molecule has 2 nitrogen and oxygen atoms in total. The van der Waals surface area contributed by atoms with Crippen molar-refractivity contribution in [2.45, 2.75) is 32.4 Å². The quantitative estimate of drug-likeness (QED) is 0.732. The number of rotatable bonds is 2. The summed E-state index contributed by atoms with van der Waals surface area (Å²) < 4.78 is 0. The van der Waals surface area contributed by atoms with Crippen LogP contribution in [0, 0.1) is 11.3 Å². The Bertz CT molecular complexity index is 378. The first kappa shape index (κ1) is 10.2. The monoisotopic (exact) mass is 200 g/mol. The van der Waals surface area contributed by atoms with Crippen molar-refractivity contribution >= 4 is 0 Å². The molecule has 0 aromatic heterocycles. The average Bonchev–Trinajstić information content (AvgIpc) is 2.30. The number of hydrogen-bond acceptors (Lipinski definition) is 2. The van der Waals surface area contributed by atoms with Gasteiger partial charge in [-0.15, -0.1) is 0 Å². The van der Waals surface area contributed by atoms with E-state index < -0.39 is 0 Å². The molecule has 1 aliphatic heterocycles. The van der Waals surface area contributed by atoms with E-state index in [0.29, 0.717) is 0 Å². The van der Waals surface area contributed by atoms with E-state index in [9.17, 15) is 0 Å². The van der Waals surface area contributed by atoms with Gasteiger partial charge in [0.2, 0.25) is 0 Å². The van der Waals surface area contributed by atoms with Crippen molar-refractivity contribution in [3.8, 4) is 6.07 Å². The summed E-state index contributed by atoms with van der Waals surface area (Å²) in [7, 11) is 0. The highest BCUT2D eigenvalue weighted by atomic mass is 15.2. The van der Waals surface area contributed by atoms with Crippen molar-refractivity contribution in [2.75, 3.05) is 6.54 Å². The maximum absolute atomic E-state index is 9.03. The third-order valence-corrected chi connectivity index (χ3v) is 3.14. The van der Waals surface area contributed by atoms with Crippen molar-refractivity contribution in [3.05, 3.63) is 35.4 Å². The van der Waals surface area contributed by atoms with Crippen molar-refractivity contribution in [2.24, 2.45) is 0 Å². The summed E-state index contributed by atoms with van der Waals surface area (Å²) in [5.41, 5.74) is 2.83. The van der Waals surface area contributed by atoms with E-state index in [2.05, 4.69) is 42.2 Å². The number of fused-ring (bicyclic) bond motifs is 1. The van der Waals surface area contributed by atoms with Crippen LogP contribution < -0.4 is 0 Å². The molecule has 1 aliphatic rings. The van der Waals surface area contributed by atoms with E-state index in [-0.39, 0.29) is 6.04 Å². The first-order valence-corrected chi connectivity index (χ1v) is 5.55. The number of nitrogens with zero attached hydrogens (tertiary/aromatic N) is 2. The Morgan fingerprint density at radius 1 is 1.40 bits per heavy atom. The lowest BCUT2D eigenvalue weighted by Gasteiger charge is -2.31. The van der Waals surface area contributed by atoms with Crippen molar-refractivity contribution < 1.29 is 0 Å². The van der Waals surface area contributed by atoms with E-state index in [0.717, 1.165) is 25.9 Å². The minimum absolute atomic E-state index is 0.0818. The summed E-state index contributed by atoms with van der Waals surface area (Å²) in [5.74, 6) is 0. The Morgan fingerprint density at radius 3 is 2.80 bits per heavy atom. The van der Waals surface area contributed by atoms with Gasteiger partial charge < -0.3 is 0 Å². The van der Waals surface area contributed by atoms with Crippen LogP contribution in [0.1, 0.15) is 24.5 Å². The molecule has 0 aliphatic carbocycles. The van der Waals surface area contributed by atoms with Crippen LogP contribution in [0.15, 0.2) is 24.3 Å². The van der Waals surface area contributed by atoms with E-state index in [4.69, 9.17) is 5.26 Å². The molecule has 0 radical (unpaired) electrons. The van der Waals surface area contributed by atoms with Crippen LogP contribution >= 0.6 is 0 Å². The van der Waals surface area contributed by atoms with Crippen molar-refractivity contribution in [1.82, 2.24) is 4.90 Å². The van der Waals surface area contributed by atoms with Gasteiger partial charge >= 0.3 is 0 Å². The maximum atomic E-state index is 9.03. The Kier molecular flexibility index (Phi) is 3.03. The molecule has 1 atom stereocenters. The van der Waals surface area contributed by atoms with Gasteiger partial charge in [-0.1, -0.05) is 31.2 Å². The van der Waals surface area contributed by atoms with Gasteiger partial charge in [0.15, 0.2) is 0 Å². The van der Waals surface area contributed by atoms with Crippen LogP contribution in [0.3, 0.4) is 0 Å². The average molecular weight is 200 g/mol. The van der Waals surface area contributed by atoms with Gasteiger partial charge in [0.1, 0.15) is 0 Å². The maximum Gasteiger partial charge on any atom is 0.0978 e. The van der Waals surface area contributed by atoms with Crippen LogP contribution in [-0.2, 0) is 13.0 Å². The molecule has 0 bridgehead atoms. The van der Waals surface area contributed by atoms with E-state index in [1.54, 1.807) is 0 Å². The molecule has 0 saturated carbocycles. The molecule has 0 fully saturated rings. The van der Waals surface area contributed by atoms with Gasteiger partial charge in [-0.05, 0) is 24.0 Å². The molecule has 15 heavy (non-hydrogen) atoms. The fourth-order valence-corrected chi connectivity index (χ4v) is 2.21. The molecule has 0 amide bonds. The summed E-state index contributed by atoms with van der Waals surface area (Å²) in [5, 5.41) is 9.03. The highest BCUT2D eigenvalue weighted by molar-refractivity contribution is 5.29. The molecule has 0 saturated heterocycles.